The van der Waals surface area contributed by atoms with Gasteiger partial charge in [0.2, 0.25) is 5.91 Å². The molecule has 0 saturated carbocycles. The molecule has 138 heavy (non-hydrogen) atoms. The third kappa shape index (κ3) is 26.9. The summed E-state index contributed by atoms with van der Waals surface area (Å²) in [4.78, 5) is 21.7. The number of nitrogens with one attached hydrogen (secondary N) is 3. The number of rotatable bonds is 14. The van der Waals surface area contributed by atoms with Gasteiger partial charge in [-0.05, 0) is 444 Å². The maximum absolute atomic E-state index is 12.1. The number of nitrogens with zero attached hydrogens (tertiary/aromatic N) is 3. The van der Waals surface area contributed by atoms with Crippen molar-refractivity contribution in [3.8, 4) is 40.2 Å². The Kier molecular flexibility index (Phi) is 40.4. The van der Waals surface area contributed by atoms with Gasteiger partial charge in [-0.25, -0.2) is 0 Å². The Bertz CT molecular complexity index is 6030. The Labute approximate surface area is 835 Å². The molecule has 0 aliphatic carbocycles. The van der Waals surface area contributed by atoms with Gasteiger partial charge in [0.05, 0.1) is 27.8 Å². The molecule has 0 aromatic heterocycles. The second-order valence-corrected chi connectivity index (χ2v) is 38.4. The van der Waals surface area contributed by atoms with Crippen LogP contribution in [0.3, 0.4) is 0 Å². The highest BCUT2D eigenvalue weighted by atomic mass is 35.5. The zero-order valence-electron chi connectivity index (χ0n) is 82.4. The van der Waals surface area contributed by atoms with Crippen LogP contribution in [-0.2, 0) is 94.9 Å². The highest BCUT2D eigenvalue weighted by Gasteiger charge is 2.36. The minimum Gasteiger partial charge on any atom is -0.508 e. The summed E-state index contributed by atoms with van der Waals surface area (Å²) in [5.41, 5.74) is 48.7. The van der Waals surface area contributed by atoms with Crippen LogP contribution in [0.2, 0.25) is 0 Å². The topological polar surface area (TPSA) is 181 Å². The summed E-state index contributed by atoms with van der Waals surface area (Å²) in [5, 5.41) is 50.6. The molecule has 0 bridgehead atoms. The molecule has 1 amide bonds. The van der Waals surface area contributed by atoms with Crippen LogP contribution >= 0.6 is 12.4 Å². The largest absolute Gasteiger partial charge is 0.508 e. The van der Waals surface area contributed by atoms with E-state index in [-0.39, 0.29) is 79.0 Å². The first-order valence-corrected chi connectivity index (χ1v) is 47.6. The monoisotopic (exact) mass is 1890 g/mol. The van der Waals surface area contributed by atoms with Gasteiger partial charge >= 0.3 is 0 Å². The fourth-order valence-electron chi connectivity index (χ4n) is 19.9. The van der Waals surface area contributed by atoms with Gasteiger partial charge in [-0.2, -0.15) is 0 Å². The number of hydrogen-bond acceptors (Lipinski definition) is 13. The van der Waals surface area contributed by atoms with Gasteiger partial charge in [0.25, 0.3) is 0 Å². The van der Waals surface area contributed by atoms with Crippen LogP contribution < -0.4 is 30.2 Å². The van der Waals surface area contributed by atoms with Gasteiger partial charge < -0.3 is 50.6 Å². The first-order valence-electron chi connectivity index (χ1n) is 47.6. The zero-order chi connectivity index (χ0) is 94.0. The van der Waals surface area contributed by atoms with Gasteiger partial charge in [0.15, 0.2) is 23.0 Å². The molecule has 19 rings (SSSR count). The molecule has 14 nitrogen and oxygen atoms in total. The Hall–Kier alpha value is -11.5. The van der Waals surface area contributed by atoms with Crippen LogP contribution in [0.15, 0.2) is 181 Å². The number of phenolic OH excluding ortho intramolecular Hbond substituents is 4. The molecular weight excluding hydrogens is 1720 g/mol. The molecule has 738 valence electrons. The van der Waals surface area contributed by atoms with Crippen LogP contribution in [0.5, 0.6) is 40.2 Å². The van der Waals surface area contributed by atoms with Gasteiger partial charge in [0, 0.05) is 75.6 Å². The normalized spacial score (nSPS) is 15.8. The summed E-state index contributed by atoms with van der Waals surface area (Å²) in [6.45, 7) is 43.9. The van der Waals surface area contributed by atoms with E-state index in [9.17, 15) is 25.2 Å². The van der Waals surface area contributed by atoms with Crippen molar-refractivity contribution < 1.29 is 39.4 Å². The molecule has 0 spiro atoms. The van der Waals surface area contributed by atoms with E-state index in [0.717, 1.165) is 144 Å². The van der Waals surface area contributed by atoms with Crippen molar-refractivity contribution in [3.63, 3.8) is 0 Å². The van der Waals surface area contributed by atoms with Crippen molar-refractivity contribution in [3.05, 3.63) is 376 Å². The highest BCUT2D eigenvalue weighted by molar-refractivity contribution is 6.04. The molecule has 7 aliphatic rings. The number of ether oxygens (including phenoxy) is 3. The number of benzene rings is 12. The molecule has 0 fully saturated rings. The summed E-state index contributed by atoms with van der Waals surface area (Å²) in [7, 11) is 4.80. The summed E-state index contributed by atoms with van der Waals surface area (Å²) in [6, 6.07) is 64.2. The number of phenols is 4. The standard InChI is InChI=1S/C20H25NO2.2C20H25N.C20H23N.2C19H21NO3.5CH4.ClH/c1-14-5-7-17(11-16(14)3)9-10-21-20(22)13-18-8-6-15(2)19(12-18)23-4;3*1-13-5-6-17(9-14(13)2)12-20-19-11-16(4)15(3)10-18(19)7-8-21-20;2*1-11-5-12-3-4-20-10-14-7-18(22)19(23-2)8-13(14)6-16(20)15(12)9-17(11)21;;;;;;/h5-8,11-12H,9-10,13H2,1-4H3,(H,21,22);2*5-6,9-11,20-21H,7-8,12H2,1-4H3;5-6,9-11H,7-8,12H2,1-4H3;2*5,7-9,16,21-22H,3-4,6,10H2,1-2H3;5*1H4;1H/t;2*20-;;2*16-;;;;;;/m.10.10....../s1. The highest BCUT2D eigenvalue weighted by Crippen LogP contribution is 2.46. The summed E-state index contributed by atoms with van der Waals surface area (Å²) in [6.07, 6.45) is 11.5. The second kappa shape index (κ2) is 49.9. The van der Waals surface area contributed by atoms with Gasteiger partial charge in [-0.3, -0.25) is 19.6 Å². The average molecular weight is 1890 g/mol. The van der Waals surface area contributed by atoms with Crippen molar-refractivity contribution in [2.75, 3.05) is 60.6 Å². The number of aryl methyl sites for hydroxylation is 17. The third-order valence-corrected chi connectivity index (χ3v) is 29.1. The summed E-state index contributed by atoms with van der Waals surface area (Å²) >= 11 is 0. The van der Waals surface area contributed by atoms with E-state index in [1.807, 2.05) is 75.4 Å². The number of halogens is 1. The van der Waals surface area contributed by atoms with Crippen LogP contribution in [0.1, 0.15) is 262 Å². The van der Waals surface area contributed by atoms with Crippen molar-refractivity contribution in [1.82, 2.24) is 25.8 Å². The van der Waals surface area contributed by atoms with E-state index in [2.05, 4.69) is 244 Å². The lowest BCUT2D eigenvalue weighted by molar-refractivity contribution is -0.120. The van der Waals surface area contributed by atoms with Gasteiger partial charge in [-0.1, -0.05) is 165 Å². The number of fused-ring (bicyclic) bond motifs is 11. The van der Waals surface area contributed by atoms with Crippen molar-refractivity contribution in [2.24, 2.45) is 4.99 Å². The molecule has 4 atom stereocenters. The molecule has 0 radical (unpaired) electrons. The van der Waals surface area contributed by atoms with Crippen molar-refractivity contribution in [1.29, 1.82) is 0 Å². The first kappa shape index (κ1) is 112. The Morgan fingerprint density at radius 3 is 1.17 bits per heavy atom. The quantitative estimate of drug-likeness (QED) is 0.0548. The number of hydrogen-bond donors (Lipinski definition) is 7. The second-order valence-electron chi connectivity index (χ2n) is 38.4. The first-order chi connectivity index (χ1) is 63.2. The maximum atomic E-state index is 12.1. The van der Waals surface area contributed by atoms with E-state index in [1.54, 1.807) is 21.3 Å². The lowest BCUT2D eigenvalue weighted by Gasteiger charge is -2.41. The van der Waals surface area contributed by atoms with E-state index >= 15 is 0 Å². The fourth-order valence-corrected chi connectivity index (χ4v) is 19.9. The lowest BCUT2D eigenvalue weighted by atomic mass is 9.83. The molecule has 0 saturated heterocycles. The predicted molar refractivity (Wildman–Crippen MR) is 582 cm³/mol. The average Bonchev–Trinajstić information content (AvgIpc) is 0.758. The Morgan fingerprint density at radius 2 is 0.725 bits per heavy atom. The molecule has 15 heteroatoms. The summed E-state index contributed by atoms with van der Waals surface area (Å²) in [5.74, 6) is 3.08. The Morgan fingerprint density at radius 1 is 0.355 bits per heavy atom. The summed E-state index contributed by atoms with van der Waals surface area (Å²) < 4.78 is 15.8. The fraction of sp³-hybridized carbons (Fsp3) is 0.398. The van der Waals surface area contributed by atoms with Crippen LogP contribution in [0.4, 0.5) is 0 Å². The molecule has 7 aliphatic heterocycles. The van der Waals surface area contributed by atoms with E-state index in [0.29, 0.717) is 48.0 Å². The van der Waals surface area contributed by atoms with Gasteiger partial charge in [-0.15, -0.1) is 12.4 Å². The number of methoxy groups -OCH3 is 3. The van der Waals surface area contributed by atoms with Crippen LogP contribution in [0.25, 0.3) is 0 Å². The smallest absolute Gasteiger partial charge is 0.224 e. The molecule has 7 N–H and O–H groups in total. The van der Waals surface area contributed by atoms with Crippen molar-refractivity contribution >= 4 is 24.0 Å². The molecule has 12 aromatic carbocycles. The minimum absolute atomic E-state index is 0. The predicted octanol–water partition coefficient (Wildman–Crippen LogP) is 26.5. The van der Waals surface area contributed by atoms with Crippen LogP contribution in [-0.4, -0.2) is 102 Å². The number of aromatic hydroxyl groups is 4. The number of carbonyl (C=O) groups excluding carboxylic acids is 1. The van der Waals surface area contributed by atoms with E-state index in [4.69, 9.17) is 19.2 Å². The number of amides is 1. The van der Waals surface area contributed by atoms with Crippen LogP contribution in [0, 0.1) is 118 Å². The zero-order valence-corrected chi connectivity index (χ0v) is 83.2. The SMILES string of the molecule is C.C.C.C.C.COc1cc(CC(=O)NCCc2ccc(C)c(C)c2)ccc1C.COc1cc2c(cc1O)CN1CCc3cc(C)c(O)cc3[C@@H]1C2.COc1cc2c(cc1O)CN1CCc3cc(C)c(O)cc3[C@H]1C2.Cc1ccc(CC2=NCCc3cc(C)c(C)cc32)cc1C.Cc1ccc(C[C@@H]2NCCc3cc(C)c(C)cc32)cc1C.Cc1ccc(C[C@H]2NCCc3cc(C)c(C)cc32)cc1C.Cl. The van der Waals surface area contributed by atoms with E-state index in [1.165, 1.54) is 184 Å². The molecule has 12 aromatic rings. The Balaban J connectivity index is 0.000000201. The van der Waals surface area contributed by atoms with Crippen molar-refractivity contribution in [2.45, 2.75) is 269 Å². The maximum Gasteiger partial charge on any atom is 0.224 e. The number of aliphatic imine (C=N–C) groups is 1. The van der Waals surface area contributed by atoms with Gasteiger partial charge in [0.1, 0.15) is 17.2 Å². The van der Waals surface area contributed by atoms with E-state index < -0.39 is 0 Å². The molecular formula is C123H161ClN6O8. The molecule has 7 heterocycles. The minimum atomic E-state index is 0. The lowest BCUT2D eigenvalue weighted by Crippen LogP contribution is -2.39. The number of carbonyl (C=O) groups is 1. The third-order valence-electron chi connectivity index (χ3n) is 29.1. The molecule has 0 unspecified atom stereocenters.